The van der Waals surface area contributed by atoms with Gasteiger partial charge in [0.15, 0.2) is 5.52 Å². The highest BCUT2D eigenvalue weighted by atomic mass is 31.1. The van der Waals surface area contributed by atoms with Crippen LogP contribution in [-0.4, -0.2) is 11.7 Å². The zero-order valence-electron chi connectivity index (χ0n) is 10.7. The van der Waals surface area contributed by atoms with Gasteiger partial charge in [-0.1, -0.05) is 31.0 Å². The van der Waals surface area contributed by atoms with Crippen molar-refractivity contribution in [2.45, 2.75) is 40.5 Å². The lowest BCUT2D eigenvalue weighted by Gasteiger charge is -2.10. The van der Waals surface area contributed by atoms with Crippen LogP contribution in [-0.2, 0) is 0 Å². The first-order chi connectivity index (χ1) is 7.56. The second-order valence-corrected chi connectivity index (χ2v) is 5.69. The van der Waals surface area contributed by atoms with Crippen molar-refractivity contribution >= 4 is 14.1 Å². The molecule has 1 rings (SSSR count). The quantitative estimate of drug-likeness (QED) is 0.552. The summed E-state index contributed by atoms with van der Waals surface area (Å²) in [5.74, 6) is 0. The molecule has 88 valence electrons. The molecule has 0 heterocycles. The van der Waals surface area contributed by atoms with E-state index in [1.807, 2.05) is 13.8 Å². The number of unbranched alkanes of at least 4 members (excludes halogenated alkanes) is 1. The van der Waals surface area contributed by atoms with E-state index in [2.05, 4.69) is 26.0 Å². The summed E-state index contributed by atoms with van der Waals surface area (Å²) in [6.07, 6.45) is 3.38. The normalized spacial score (nSPS) is 11.2. The number of carbonyl (C=O) groups is 1. The van der Waals surface area contributed by atoms with Gasteiger partial charge in [0.2, 0.25) is 0 Å². The molecule has 0 aliphatic rings. The molecule has 0 saturated carbocycles. The van der Waals surface area contributed by atoms with Crippen LogP contribution in [0.5, 0.6) is 0 Å². The Morgan fingerprint density at radius 2 is 1.75 bits per heavy atom. The molecular weight excluding hydrogens is 215 g/mol. The average Bonchev–Trinajstić information content (AvgIpc) is 2.16. The third-order valence-corrected chi connectivity index (χ3v) is 3.89. The molecule has 0 N–H and O–H groups in total. The minimum atomic E-state index is 0.337. The summed E-state index contributed by atoms with van der Waals surface area (Å²) in [4.78, 5) is 12.1. The van der Waals surface area contributed by atoms with Crippen molar-refractivity contribution in [1.29, 1.82) is 0 Å². The van der Waals surface area contributed by atoms with Crippen LogP contribution in [0.4, 0.5) is 0 Å². The summed E-state index contributed by atoms with van der Waals surface area (Å²) >= 11 is 0. The number of hydrogen-bond donors (Lipinski definition) is 0. The molecule has 1 nitrogen and oxygen atoms in total. The third kappa shape index (κ3) is 3.42. The van der Waals surface area contributed by atoms with Crippen LogP contribution in [0.2, 0.25) is 0 Å². The molecule has 1 aromatic carbocycles. The number of rotatable bonds is 5. The Balaban J connectivity index is 2.83. The van der Waals surface area contributed by atoms with Gasteiger partial charge < -0.3 is 0 Å². The van der Waals surface area contributed by atoms with Crippen molar-refractivity contribution in [3.8, 4) is 0 Å². The summed E-state index contributed by atoms with van der Waals surface area (Å²) in [6, 6.07) is 4.20. The highest BCUT2D eigenvalue weighted by molar-refractivity contribution is 7.58. The van der Waals surface area contributed by atoms with Gasteiger partial charge in [-0.25, -0.2) is 0 Å². The summed E-state index contributed by atoms with van der Waals surface area (Å²) in [6.45, 7) is 8.32. The molecule has 0 saturated heterocycles. The van der Waals surface area contributed by atoms with Crippen LogP contribution < -0.4 is 0 Å². The largest absolute Gasteiger partial charge is 0.289 e. The van der Waals surface area contributed by atoms with Gasteiger partial charge in [-0.3, -0.25) is 4.79 Å². The molecule has 0 spiro atoms. The molecular formula is C14H21OP. The maximum absolute atomic E-state index is 12.1. The van der Waals surface area contributed by atoms with Gasteiger partial charge in [0.1, 0.15) is 0 Å². The summed E-state index contributed by atoms with van der Waals surface area (Å²) in [5, 5.41) is 0. The predicted molar refractivity (Wildman–Crippen MR) is 73.1 cm³/mol. The Bertz CT molecular complexity index is 359. The van der Waals surface area contributed by atoms with Crippen molar-refractivity contribution in [2.75, 3.05) is 6.16 Å². The molecule has 0 bridgehead atoms. The fourth-order valence-corrected chi connectivity index (χ4v) is 3.33. The lowest BCUT2D eigenvalue weighted by Crippen LogP contribution is -2.00. The van der Waals surface area contributed by atoms with Crippen LogP contribution in [0.3, 0.4) is 0 Å². The van der Waals surface area contributed by atoms with Gasteiger partial charge >= 0.3 is 0 Å². The van der Waals surface area contributed by atoms with Crippen LogP contribution in [0.1, 0.15) is 46.8 Å². The SMILES string of the molecule is CCCCPC(=O)c1c(C)cc(C)cc1C. The summed E-state index contributed by atoms with van der Waals surface area (Å²) in [7, 11) is 0.441. The fourth-order valence-electron chi connectivity index (χ4n) is 2.01. The first kappa shape index (κ1) is 13.4. The molecule has 0 radical (unpaired) electrons. The van der Waals surface area contributed by atoms with Gasteiger partial charge in [0, 0.05) is 5.56 Å². The molecule has 1 unspecified atom stereocenters. The van der Waals surface area contributed by atoms with E-state index in [9.17, 15) is 4.79 Å². The zero-order chi connectivity index (χ0) is 12.1. The Labute approximate surface area is 100 Å². The van der Waals surface area contributed by atoms with E-state index in [-0.39, 0.29) is 0 Å². The predicted octanol–water partition coefficient (Wildman–Crippen LogP) is 4.23. The van der Waals surface area contributed by atoms with Crippen LogP contribution in [0, 0.1) is 20.8 Å². The summed E-state index contributed by atoms with van der Waals surface area (Å²) in [5.41, 5.74) is 4.80. The monoisotopic (exact) mass is 236 g/mol. The average molecular weight is 236 g/mol. The highest BCUT2D eigenvalue weighted by Crippen LogP contribution is 2.26. The molecule has 0 aliphatic carbocycles. The molecule has 0 aliphatic heterocycles. The van der Waals surface area contributed by atoms with Gasteiger partial charge in [0.05, 0.1) is 0 Å². The van der Waals surface area contributed by atoms with Crippen molar-refractivity contribution < 1.29 is 4.79 Å². The minimum Gasteiger partial charge on any atom is -0.289 e. The molecule has 1 atom stereocenters. The van der Waals surface area contributed by atoms with E-state index in [1.165, 1.54) is 12.0 Å². The molecule has 0 aromatic heterocycles. The Kier molecular flexibility index (Phi) is 5.15. The second kappa shape index (κ2) is 6.15. The minimum absolute atomic E-state index is 0.337. The molecule has 1 aromatic rings. The molecule has 0 fully saturated rings. The van der Waals surface area contributed by atoms with Gasteiger partial charge in [-0.05, 0) is 53.1 Å². The van der Waals surface area contributed by atoms with E-state index in [1.54, 1.807) is 0 Å². The van der Waals surface area contributed by atoms with Crippen molar-refractivity contribution in [3.63, 3.8) is 0 Å². The van der Waals surface area contributed by atoms with Gasteiger partial charge in [-0.15, -0.1) is 0 Å². The maximum atomic E-state index is 12.1. The van der Waals surface area contributed by atoms with Gasteiger partial charge in [0.25, 0.3) is 0 Å². The van der Waals surface area contributed by atoms with E-state index in [0.717, 1.165) is 29.3 Å². The number of hydrogen-bond acceptors (Lipinski definition) is 1. The molecule has 0 amide bonds. The van der Waals surface area contributed by atoms with E-state index in [4.69, 9.17) is 0 Å². The topological polar surface area (TPSA) is 17.1 Å². The Morgan fingerprint density at radius 3 is 2.25 bits per heavy atom. The summed E-state index contributed by atoms with van der Waals surface area (Å²) < 4.78 is 0. The van der Waals surface area contributed by atoms with Crippen LogP contribution >= 0.6 is 8.58 Å². The molecule has 2 heteroatoms. The van der Waals surface area contributed by atoms with Crippen LogP contribution in [0.25, 0.3) is 0 Å². The van der Waals surface area contributed by atoms with Crippen molar-refractivity contribution in [1.82, 2.24) is 0 Å². The van der Waals surface area contributed by atoms with Crippen molar-refractivity contribution in [3.05, 3.63) is 34.4 Å². The molecule has 16 heavy (non-hydrogen) atoms. The zero-order valence-corrected chi connectivity index (χ0v) is 11.7. The standard InChI is InChI=1S/C14H21OP/c1-5-6-7-16-14(15)13-11(3)8-10(2)9-12(13)4/h8-9,16H,5-7H2,1-4H3. The highest BCUT2D eigenvalue weighted by Gasteiger charge is 2.11. The first-order valence-corrected chi connectivity index (χ1v) is 7.13. The number of carbonyl (C=O) groups excluding carboxylic acids is 1. The Hall–Kier alpha value is -0.680. The smallest absolute Gasteiger partial charge is 0.181 e. The second-order valence-electron chi connectivity index (χ2n) is 4.38. The maximum Gasteiger partial charge on any atom is 0.181 e. The van der Waals surface area contributed by atoms with E-state index < -0.39 is 0 Å². The number of benzene rings is 1. The van der Waals surface area contributed by atoms with Crippen molar-refractivity contribution in [2.24, 2.45) is 0 Å². The first-order valence-electron chi connectivity index (χ1n) is 5.92. The van der Waals surface area contributed by atoms with Crippen LogP contribution in [0.15, 0.2) is 12.1 Å². The fraction of sp³-hybridized carbons (Fsp3) is 0.500. The number of aryl methyl sites for hydroxylation is 3. The van der Waals surface area contributed by atoms with Gasteiger partial charge in [-0.2, -0.15) is 0 Å². The van der Waals surface area contributed by atoms with E-state index in [0.29, 0.717) is 14.1 Å². The Morgan fingerprint density at radius 1 is 1.19 bits per heavy atom. The van der Waals surface area contributed by atoms with E-state index >= 15 is 0 Å². The lowest BCUT2D eigenvalue weighted by atomic mass is 10.0. The lowest BCUT2D eigenvalue weighted by molar-refractivity contribution is 0.108. The third-order valence-electron chi connectivity index (χ3n) is 2.72.